The van der Waals surface area contributed by atoms with Crippen LogP contribution in [0.4, 0.5) is 0 Å². The van der Waals surface area contributed by atoms with Crippen LogP contribution in [0, 0.1) is 5.92 Å². The molecule has 1 aliphatic carbocycles. The number of carbonyl (C=O) groups is 3. The molecule has 0 aromatic heterocycles. The smallest absolute Gasteiger partial charge is 0.334 e. The van der Waals surface area contributed by atoms with Gasteiger partial charge in [0.05, 0.1) is 5.92 Å². The molecule has 8 nitrogen and oxygen atoms in total. The fourth-order valence-corrected chi connectivity index (χ4v) is 3.14. The number of rotatable bonds is 2. The molecule has 1 fully saturated rings. The molecule has 0 saturated carbocycles. The molecule has 6 atom stereocenters. The average Bonchev–Trinajstić information content (AvgIpc) is 2.89. The third kappa shape index (κ3) is 3.73. The van der Waals surface area contributed by atoms with Crippen LogP contribution in [0.25, 0.3) is 0 Å². The molecule has 0 aromatic rings. The number of hydrogen-bond acceptors (Lipinski definition) is 8. The second-order valence-electron chi connectivity index (χ2n) is 7.18. The monoisotopic (exact) mass is 380 g/mol. The number of allylic oxidation sites excluding steroid dienone is 1. The lowest BCUT2D eigenvalue weighted by molar-refractivity contribution is -0.177. The zero-order valence-electron chi connectivity index (χ0n) is 15.5. The Bertz CT molecular complexity index is 732. The Balaban J connectivity index is 2.61. The summed E-state index contributed by atoms with van der Waals surface area (Å²) < 4.78 is 10.5. The van der Waals surface area contributed by atoms with Crippen LogP contribution in [-0.2, 0) is 23.9 Å². The average molecular weight is 380 g/mol. The Kier molecular flexibility index (Phi) is 5.74. The van der Waals surface area contributed by atoms with E-state index in [0.29, 0.717) is 5.57 Å². The number of ether oxygens (including phenoxy) is 2. The summed E-state index contributed by atoms with van der Waals surface area (Å²) >= 11 is 0. The Labute approximate surface area is 156 Å². The lowest BCUT2D eigenvalue weighted by atomic mass is 9.77. The largest absolute Gasteiger partial charge is 0.455 e. The van der Waals surface area contributed by atoms with E-state index in [-0.39, 0.29) is 17.6 Å². The topological polar surface area (TPSA) is 130 Å². The summed E-state index contributed by atoms with van der Waals surface area (Å²) in [7, 11) is 0. The summed E-state index contributed by atoms with van der Waals surface area (Å²) in [5, 5.41) is 31.8. The number of hydrogen-bond donors (Lipinski definition) is 3. The maximum absolute atomic E-state index is 12.3. The second-order valence-corrected chi connectivity index (χ2v) is 7.18. The van der Waals surface area contributed by atoms with E-state index in [2.05, 4.69) is 13.2 Å². The van der Waals surface area contributed by atoms with Crippen molar-refractivity contribution in [1.82, 2.24) is 0 Å². The number of fused-ring (bicyclic) bond motifs is 1. The summed E-state index contributed by atoms with van der Waals surface area (Å²) in [6, 6.07) is 0. The van der Waals surface area contributed by atoms with Crippen LogP contribution in [0.15, 0.2) is 36.0 Å². The molecule has 148 valence electrons. The Morgan fingerprint density at radius 2 is 1.96 bits per heavy atom. The van der Waals surface area contributed by atoms with Crippen LogP contribution in [0.3, 0.4) is 0 Å². The maximum atomic E-state index is 12.3. The van der Waals surface area contributed by atoms with Crippen LogP contribution >= 0.6 is 0 Å². The van der Waals surface area contributed by atoms with Gasteiger partial charge in [0.25, 0.3) is 0 Å². The van der Waals surface area contributed by atoms with E-state index in [1.165, 1.54) is 19.9 Å². The first kappa shape index (κ1) is 21.0. The summed E-state index contributed by atoms with van der Waals surface area (Å²) in [5.41, 5.74) is -2.01. The van der Waals surface area contributed by atoms with Crippen molar-refractivity contribution in [2.75, 3.05) is 0 Å². The van der Waals surface area contributed by atoms with Gasteiger partial charge in [-0.1, -0.05) is 19.2 Å². The van der Waals surface area contributed by atoms with Gasteiger partial charge in [-0.2, -0.15) is 0 Å². The predicted molar refractivity (Wildman–Crippen MR) is 93.2 cm³/mol. The minimum Gasteiger partial charge on any atom is -0.455 e. The molecule has 27 heavy (non-hydrogen) atoms. The van der Waals surface area contributed by atoms with Crippen molar-refractivity contribution in [3.05, 3.63) is 36.0 Å². The number of aliphatic hydroxyl groups is 3. The number of aliphatic hydroxyl groups excluding tert-OH is 2. The van der Waals surface area contributed by atoms with Gasteiger partial charge in [-0.05, 0) is 26.3 Å². The van der Waals surface area contributed by atoms with E-state index in [1.807, 2.05) is 0 Å². The second kappa shape index (κ2) is 7.38. The normalized spacial score (nSPS) is 39.1. The molecule has 0 spiro atoms. The van der Waals surface area contributed by atoms with Gasteiger partial charge < -0.3 is 24.8 Å². The Hall–Kier alpha value is -2.29. The number of ketones is 1. The standard InChI is InChI=1S/C19H24O8/c1-8(2)17(23)26-14-12-10(4)18(24)27-15(12)16(22)19(5,25)11(20)7-6-9(3)13(14)21/h6,12-16,21-22,25H,1,4,7H2,2-3,5H3/b9-6+/t12-,13+,14+,15+,16-,19-/m1/s1. The molecule has 0 amide bonds. The third-order valence-corrected chi connectivity index (χ3v) is 5.05. The minimum atomic E-state index is -2.23. The highest BCUT2D eigenvalue weighted by Gasteiger charge is 2.56. The third-order valence-electron chi connectivity index (χ3n) is 5.05. The molecule has 0 radical (unpaired) electrons. The summed E-state index contributed by atoms with van der Waals surface area (Å²) in [5.74, 6) is -3.58. The van der Waals surface area contributed by atoms with Crippen LogP contribution in [0.2, 0.25) is 0 Å². The molecule has 3 N–H and O–H groups in total. The van der Waals surface area contributed by atoms with E-state index in [1.54, 1.807) is 0 Å². The first-order valence-electron chi connectivity index (χ1n) is 8.44. The van der Waals surface area contributed by atoms with Gasteiger partial charge in [-0.15, -0.1) is 0 Å². The van der Waals surface area contributed by atoms with E-state index in [0.717, 1.165) is 6.92 Å². The van der Waals surface area contributed by atoms with Crippen molar-refractivity contribution in [1.29, 1.82) is 0 Å². The van der Waals surface area contributed by atoms with Gasteiger partial charge in [0.2, 0.25) is 0 Å². The van der Waals surface area contributed by atoms with E-state index >= 15 is 0 Å². The molecule has 1 saturated heterocycles. The molecule has 0 bridgehead atoms. The van der Waals surface area contributed by atoms with Gasteiger partial charge >= 0.3 is 11.9 Å². The fourth-order valence-electron chi connectivity index (χ4n) is 3.14. The highest BCUT2D eigenvalue weighted by atomic mass is 16.6. The first-order valence-corrected chi connectivity index (χ1v) is 8.44. The molecule has 0 aromatic carbocycles. The molecular weight excluding hydrogens is 356 g/mol. The summed E-state index contributed by atoms with van der Waals surface area (Å²) in [4.78, 5) is 36.5. The van der Waals surface area contributed by atoms with Crippen LogP contribution < -0.4 is 0 Å². The number of esters is 2. The minimum absolute atomic E-state index is 0.0658. The number of Topliss-reactive ketones (excluding diaryl/α,β-unsaturated/α-hetero) is 1. The molecule has 2 aliphatic rings. The lowest BCUT2D eigenvalue weighted by Crippen LogP contribution is -2.57. The van der Waals surface area contributed by atoms with Crippen molar-refractivity contribution < 1.29 is 39.2 Å². The molecular formula is C19H24O8. The Morgan fingerprint density at radius 3 is 2.52 bits per heavy atom. The van der Waals surface area contributed by atoms with Gasteiger partial charge in [-0.3, -0.25) is 4.79 Å². The van der Waals surface area contributed by atoms with Gasteiger partial charge in [0.15, 0.2) is 5.78 Å². The van der Waals surface area contributed by atoms with Crippen molar-refractivity contribution in [2.24, 2.45) is 5.92 Å². The van der Waals surface area contributed by atoms with Crippen LogP contribution in [0.5, 0.6) is 0 Å². The molecule has 0 unspecified atom stereocenters. The molecule has 1 heterocycles. The molecule has 8 heteroatoms. The fraction of sp³-hybridized carbons (Fsp3) is 0.526. The van der Waals surface area contributed by atoms with E-state index < -0.39 is 53.7 Å². The van der Waals surface area contributed by atoms with Crippen molar-refractivity contribution in [2.45, 2.75) is 57.2 Å². The van der Waals surface area contributed by atoms with Gasteiger partial charge in [0, 0.05) is 17.6 Å². The molecule has 1 aliphatic heterocycles. The number of carbonyl (C=O) groups excluding carboxylic acids is 3. The summed E-state index contributed by atoms with van der Waals surface area (Å²) in [6.07, 6.45) is -4.89. The van der Waals surface area contributed by atoms with Crippen LogP contribution in [-0.4, -0.2) is 63.1 Å². The SMILES string of the molecule is C=C(C)C(=O)O[C@H]1[C@H]2C(=C)C(=O)O[C@@H]2[C@@H](O)[C@](C)(O)C(=O)C/C=C(\C)[C@@H]1O. The van der Waals surface area contributed by atoms with Crippen molar-refractivity contribution in [3.8, 4) is 0 Å². The quantitative estimate of drug-likeness (QED) is 0.346. The predicted octanol–water partition coefficient (Wildman–Crippen LogP) is -0.0360. The van der Waals surface area contributed by atoms with Crippen molar-refractivity contribution >= 4 is 17.7 Å². The Morgan fingerprint density at radius 1 is 1.37 bits per heavy atom. The highest BCUT2D eigenvalue weighted by molar-refractivity contribution is 5.93. The van der Waals surface area contributed by atoms with E-state index in [4.69, 9.17) is 9.47 Å². The molecule has 2 rings (SSSR count). The first-order chi connectivity index (χ1) is 12.4. The highest BCUT2D eigenvalue weighted by Crippen LogP contribution is 2.39. The van der Waals surface area contributed by atoms with Gasteiger partial charge in [-0.25, -0.2) is 9.59 Å². The summed E-state index contributed by atoms with van der Waals surface area (Å²) in [6.45, 7) is 11.1. The van der Waals surface area contributed by atoms with Crippen LogP contribution in [0.1, 0.15) is 27.2 Å². The van der Waals surface area contributed by atoms with Crippen molar-refractivity contribution in [3.63, 3.8) is 0 Å². The zero-order chi connectivity index (χ0) is 20.7. The zero-order valence-corrected chi connectivity index (χ0v) is 15.5. The van der Waals surface area contributed by atoms with E-state index in [9.17, 15) is 29.7 Å². The van der Waals surface area contributed by atoms with Gasteiger partial charge in [0.1, 0.15) is 30.0 Å². The lowest BCUT2D eigenvalue weighted by Gasteiger charge is -2.37. The maximum Gasteiger partial charge on any atom is 0.334 e.